The van der Waals surface area contributed by atoms with Crippen LogP contribution in [0.15, 0.2) is 73.1 Å². The largest absolute Gasteiger partial charge is 0.352 e. The van der Waals surface area contributed by atoms with Crippen molar-refractivity contribution in [2.24, 2.45) is 5.92 Å². The van der Waals surface area contributed by atoms with Gasteiger partial charge in [-0.2, -0.15) is 0 Å². The fraction of sp³-hybridized carbons (Fsp3) is 0.240. The highest BCUT2D eigenvalue weighted by Gasteiger charge is 2.18. The number of carbonyl (C=O) groups excluding carboxylic acids is 2. The van der Waals surface area contributed by atoms with Gasteiger partial charge in [0.2, 0.25) is 0 Å². The van der Waals surface area contributed by atoms with E-state index in [4.69, 9.17) is 0 Å². The number of hydrogen-bond acceptors (Lipinski definition) is 3. The standard InChI is InChI=1S/C25H25N3O2/c29-24(22-9-7-20(8-10-22)21-11-13-26-14-12-21)28-17-19-5-2-6-23(15-19)25(30)27-16-18-3-1-4-18/h2,5-15,18H,1,3-4,16-17H2,(H,27,30)(H,28,29). The maximum Gasteiger partial charge on any atom is 0.251 e. The van der Waals surface area contributed by atoms with E-state index in [9.17, 15) is 9.59 Å². The van der Waals surface area contributed by atoms with Crippen molar-refractivity contribution in [2.75, 3.05) is 6.54 Å². The maximum absolute atomic E-state index is 12.5. The number of pyridine rings is 1. The van der Waals surface area contributed by atoms with Gasteiger partial charge in [0.25, 0.3) is 11.8 Å². The molecule has 4 rings (SSSR count). The van der Waals surface area contributed by atoms with E-state index < -0.39 is 0 Å². The molecule has 1 saturated carbocycles. The summed E-state index contributed by atoms with van der Waals surface area (Å²) in [6, 6.07) is 18.8. The van der Waals surface area contributed by atoms with Crippen molar-refractivity contribution in [3.63, 3.8) is 0 Å². The summed E-state index contributed by atoms with van der Waals surface area (Å²) in [7, 11) is 0. The first-order chi connectivity index (χ1) is 14.7. The Balaban J connectivity index is 1.32. The summed E-state index contributed by atoms with van der Waals surface area (Å²) in [5, 5.41) is 5.94. The molecule has 1 aliphatic carbocycles. The molecule has 1 aliphatic rings. The summed E-state index contributed by atoms with van der Waals surface area (Å²) in [5.74, 6) is 0.430. The molecule has 2 amide bonds. The van der Waals surface area contributed by atoms with E-state index in [1.807, 2.05) is 54.6 Å². The number of nitrogens with zero attached hydrogens (tertiary/aromatic N) is 1. The van der Waals surface area contributed by atoms with Crippen molar-refractivity contribution in [3.05, 3.63) is 89.7 Å². The SMILES string of the molecule is O=C(NCc1cccc(C(=O)NCC2CCC2)c1)c1ccc(-c2ccncc2)cc1. The molecular weight excluding hydrogens is 374 g/mol. The Hall–Kier alpha value is -3.47. The monoisotopic (exact) mass is 399 g/mol. The average Bonchev–Trinajstić information content (AvgIpc) is 2.77. The van der Waals surface area contributed by atoms with Gasteiger partial charge in [0.15, 0.2) is 0 Å². The molecular formula is C25H25N3O2. The van der Waals surface area contributed by atoms with Crippen molar-refractivity contribution < 1.29 is 9.59 Å². The normalized spacial score (nSPS) is 13.3. The summed E-state index contributed by atoms with van der Waals surface area (Å²) >= 11 is 0. The fourth-order valence-corrected chi connectivity index (χ4v) is 3.50. The van der Waals surface area contributed by atoms with E-state index in [0.717, 1.165) is 23.2 Å². The number of carbonyl (C=O) groups is 2. The van der Waals surface area contributed by atoms with Gasteiger partial charge < -0.3 is 10.6 Å². The van der Waals surface area contributed by atoms with Crippen LogP contribution in [0.5, 0.6) is 0 Å². The predicted molar refractivity (Wildman–Crippen MR) is 117 cm³/mol. The topological polar surface area (TPSA) is 71.1 Å². The molecule has 30 heavy (non-hydrogen) atoms. The number of hydrogen-bond donors (Lipinski definition) is 2. The molecule has 1 heterocycles. The molecule has 2 N–H and O–H groups in total. The maximum atomic E-state index is 12.5. The fourth-order valence-electron chi connectivity index (χ4n) is 3.50. The lowest BCUT2D eigenvalue weighted by Gasteiger charge is -2.25. The minimum atomic E-state index is -0.142. The van der Waals surface area contributed by atoms with E-state index in [1.165, 1.54) is 19.3 Å². The van der Waals surface area contributed by atoms with Crippen molar-refractivity contribution in [2.45, 2.75) is 25.8 Å². The van der Waals surface area contributed by atoms with Gasteiger partial charge in [-0.3, -0.25) is 14.6 Å². The molecule has 0 radical (unpaired) electrons. The average molecular weight is 399 g/mol. The van der Waals surface area contributed by atoms with Crippen LogP contribution in [0.1, 0.15) is 45.5 Å². The van der Waals surface area contributed by atoms with Crippen LogP contribution < -0.4 is 10.6 Å². The highest BCUT2D eigenvalue weighted by atomic mass is 16.2. The summed E-state index contributed by atoms with van der Waals surface area (Å²) in [6.07, 6.45) is 7.17. The van der Waals surface area contributed by atoms with E-state index in [0.29, 0.717) is 23.6 Å². The molecule has 0 spiro atoms. The number of amides is 2. The number of benzene rings is 2. The molecule has 5 nitrogen and oxygen atoms in total. The molecule has 0 aliphatic heterocycles. The van der Waals surface area contributed by atoms with Crippen molar-refractivity contribution in [1.82, 2.24) is 15.6 Å². The van der Waals surface area contributed by atoms with Gasteiger partial charge in [-0.15, -0.1) is 0 Å². The molecule has 0 bridgehead atoms. The second-order valence-corrected chi connectivity index (χ2v) is 7.70. The van der Waals surface area contributed by atoms with Crippen LogP contribution in [-0.2, 0) is 6.54 Å². The lowest BCUT2D eigenvalue weighted by Crippen LogP contribution is -2.32. The van der Waals surface area contributed by atoms with Gasteiger partial charge >= 0.3 is 0 Å². The number of aromatic nitrogens is 1. The summed E-state index contributed by atoms with van der Waals surface area (Å²) < 4.78 is 0. The molecule has 2 aromatic carbocycles. The molecule has 0 saturated heterocycles. The highest BCUT2D eigenvalue weighted by molar-refractivity contribution is 5.95. The molecule has 5 heteroatoms. The summed E-state index contributed by atoms with van der Waals surface area (Å²) in [4.78, 5) is 28.9. The van der Waals surface area contributed by atoms with Crippen LogP contribution in [0.4, 0.5) is 0 Å². The third kappa shape index (κ3) is 4.92. The smallest absolute Gasteiger partial charge is 0.251 e. The third-order valence-electron chi connectivity index (χ3n) is 5.58. The molecule has 1 aromatic heterocycles. The Bertz CT molecular complexity index is 1010. The summed E-state index contributed by atoms with van der Waals surface area (Å²) in [6.45, 7) is 1.12. The molecule has 152 valence electrons. The van der Waals surface area contributed by atoms with Gasteiger partial charge in [-0.25, -0.2) is 0 Å². The van der Waals surface area contributed by atoms with E-state index in [1.54, 1.807) is 18.5 Å². The van der Waals surface area contributed by atoms with E-state index >= 15 is 0 Å². The second-order valence-electron chi connectivity index (χ2n) is 7.70. The van der Waals surface area contributed by atoms with Gasteiger partial charge in [0, 0.05) is 36.6 Å². The van der Waals surface area contributed by atoms with Gasteiger partial charge in [0.1, 0.15) is 0 Å². The Morgan fingerprint density at radius 2 is 1.53 bits per heavy atom. The second kappa shape index (κ2) is 9.35. The van der Waals surface area contributed by atoms with Crippen LogP contribution in [0.25, 0.3) is 11.1 Å². The Labute approximate surface area is 176 Å². The zero-order valence-electron chi connectivity index (χ0n) is 16.8. The molecule has 0 unspecified atom stereocenters. The Morgan fingerprint density at radius 3 is 2.23 bits per heavy atom. The first kappa shape index (κ1) is 19.8. The van der Waals surface area contributed by atoms with Crippen molar-refractivity contribution in [3.8, 4) is 11.1 Å². The van der Waals surface area contributed by atoms with Gasteiger partial charge in [0.05, 0.1) is 0 Å². The molecule has 1 fully saturated rings. The van der Waals surface area contributed by atoms with E-state index in [-0.39, 0.29) is 11.8 Å². The lowest BCUT2D eigenvalue weighted by molar-refractivity contribution is 0.0936. The zero-order valence-corrected chi connectivity index (χ0v) is 16.8. The predicted octanol–water partition coefficient (Wildman–Crippen LogP) is 4.21. The van der Waals surface area contributed by atoms with Crippen LogP contribution in [0.2, 0.25) is 0 Å². The Morgan fingerprint density at radius 1 is 0.833 bits per heavy atom. The molecule has 3 aromatic rings. The first-order valence-electron chi connectivity index (χ1n) is 10.3. The summed E-state index contributed by atoms with van der Waals surface area (Å²) in [5.41, 5.74) is 4.22. The lowest BCUT2D eigenvalue weighted by atomic mass is 9.85. The minimum absolute atomic E-state index is 0.0539. The number of rotatable bonds is 7. The van der Waals surface area contributed by atoms with Crippen LogP contribution in [0.3, 0.4) is 0 Å². The number of nitrogens with one attached hydrogen (secondary N) is 2. The van der Waals surface area contributed by atoms with E-state index in [2.05, 4.69) is 15.6 Å². The van der Waals surface area contributed by atoms with Crippen molar-refractivity contribution >= 4 is 11.8 Å². The van der Waals surface area contributed by atoms with Crippen LogP contribution in [-0.4, -0.2) is 23.3 Å². The minimum Gasteiger partial charge on any atom is -0.352 e. The Kier molecular flexibility index (Phi) is 6.18. The van der Waals surface area contributed by atoms with Gasteiger partial charge in [-0.1, -0.05) is 30.7 Å². The van der Waals surface area contributed by atoms with Gasteiger partial charge in [-0.05, 0) is 71.8 Å². The van der Waals surface area contributed by atoms with Crippen LogP contribution in [0, 0.1) is 5.92 Å². The highest BCUT2D eigenvalue weighted by Crippen LogP contribution is 2.25. The third-order valence-corrected chi connectivity index (χ3v) is 5.58. The zero-order chi connectivity index (χ0) is 20.8. The van der Waals surface area contributed by atoms with Crippen LogP contribution >= 0.6 is 0 Å². The first-order valence-corrected chi connectivity index (χ1v) is 10.3. The van der Waals surface area contributed by atoms with Crippen molar-refractivity contribution in [1.29, 1.82) is 0 Å². The molecule has 0 atom stereocenters. The quantitative estimate of drug-likeness (QED) is 0.625.